The van der Waals surface area contributed by atoms with E-state index in [9.17, 15) is 4.79 Å². The molecule has 0 fully saturated rings. The van der Waals surface area contributed by atoms with Crippen molar-refractivity contribution in [2.24, 2.45) is 0 Å². The van der Waals surface area contributed by atoms with Gasteiger partial charge in [-0.2, -0.15) is 5.26 Å². The molecule has 0 aliphatic rings. The summed E-state index contributed by atoms with van der Waals surface area (Å²) in [5, 5.41) is 15.4. The molecule has 3 rings (SSSR count). The summed E-state index contributed by atoms with van der Waals surface area (Å²) in [5.41, 5.74) is 1.74. The van der Waals surface area contributed by atoms with E-state index in [1.807, 2.05) is 6.07 Å². The number of anilines is 3. The van der Waals surface area contributed by atoms with Crippen molar-refractivity contribution in [3.63, 3.8) is 0 Å². The normalized spacial score (nSPS) is 9.92. The molecule has 1 aromatic heterocycles. The first-order valence-corrected chi connectivity index (χ1v) is 7.69. The summed E-state index contributed by atoms with van der Waals surface area (Å²) in [4.78, 5) is 20.7. The van der Waals surface area contributed by atoms with Crippen molar-refractivity contribution < 1.29 is 4.79 Å². The van der Waals surface area contributed by atoms with Gasteiger partial charge in [-0.25, -0.2) is 9.97 Å². The van der Waals surface area contributed by atoms with Crippen molar-refractivity contribution in [3.8, 4) is 6.07 Å². The summed E-state index contributed by atoms with van der Waals surface area (Å²) in [6, 6.07) is 17.3. The number of hydrogen-bond acceptors (Lipinski definition) is 5. The number of nitrogens with zero attached hydrogens (tertiary/aromatic N) is 3. The molecular formula is C18H12ClN5O. The summed E-state index contributed by atoms with van der Waals surface area (Å²) >= 11 is 5.85. The molecule has 0 aliphatic carbocycles. The van der Waals surface area contributed by atoms with E-state index >= 15 is 0 Å². The minimum absolute atomic E-state index is 0.180. The van der Waals surface area contributed by atoms with Crippen molar-refractivity contribution in [1.29, 1.82) is 5.26 Å². The summed E-state index contributed by atoms with van der Waals surface area (Å²) in [5.74, 6) is -0.146. The molecule has 0 aliphatic heterocycles. The van der Waals surface area contributed by atoms with E-state index in [1.54, 1.807) is 48.5 Å². The van der Waals surface area contributed by atoms with Crippen LogP contribution in [0, 0.1) is 11.3 Å². The van der Waals surface area contributed by atoms with Crippen LogP contribution in [0.3, 0.4) is 0 Å². The number of hydrogen-bond donors (Lipinski definition) is 2. The highest BCUT2D eigenvalue weighted by atomic mass is 35.5. The van der Waals surface area contributed by atoms with E-state index < -0.39 is 5.91 Å². The number of nitrogens with one attached hydrogen (secondary N) is 2. The first-order valence-electron chi connectivity index (χ1n) is 7.32. The Morgan fingerprint density at radius 3 is 2.60 bits per heavy atom. The average Bonchev–Trinajstić information content (AvgIpc) is 2.64. The monoisotopic (exact) mass is 349 g/mol. The molecule has 0 saturated carbocycles. The molecule has 1 amide bonds. The Morgan fingerprint density at radius 1 is 1.08 bits per heavy atom. The molecule has 6 nitrogen and oxygen atoms in total. The Labute approximate surface area is 149 Å². The lowest BCUT2D eigenvalue weighted by molar-refractivity contribution is 0.102. The largest absolute Gasteiger partial charge is 0.324 e. The molecular weight excluding hydrogens is 338 g/mol. The Bertz CT molecular complexity index is 950. The van der Waals surface area contributed by atoms with Crippen LogP contribution in [0.1, 0.15) is 16.1 Å². The Hall–Kier alpha value is -3.43. The van der Waals surface area contributed by atoms with Gasteiger partial charge in [-0.05, 0) is 42.5 Å². The average molecular weight is 350 g/mol. The lowest BCUT2D eigenvalue weighted by Gasteiger charge is -2.08. The molecule has 0 saturated heterocycles. The van der Waals surface area contributed by atoms with Gasteiger partial charge >= 0.3 is 0 Å². The maximum Gasteiger partial charge on any atom is 0.274 e. The number of carbonyl (C=O) groups is 1. The van der Waals surface area contributed by atoms with Gasteiger partial charge in [0.2, 0.25) is 5.95 Å². The van der Waals surface area contributed by atoms with Gasteiger partial charge < -0.3 is 10.6 Å². The van der Waals surface area contributed by atoms with Gasteiger partial charge in [0.25, 0.3) is 5.91 Å². The Balaban J connectivity index is 1.77. The van der Waals surface area contributed by atoms with Gasteiger partial charge in [0.15, 0.2) is 0 Å². The minimum atomic E-state index is -0.427. The van der Waals surface area contributed by atoms with E-state index in [4.69, 9.17) is 16.9 Å². The van der Waals surface area contributed by atoms with E-state index in [0.717, 1.165) is 5.69 Å². The Kier molecular flexibility index (Phi) is 4.88. The maximum absolute atomic E-state index is 12.4. The van der Waals surface area contributed by atoms with Crippen LogP contribution in [-0.2, 0) is 0 Å². The third-order valence-corrected chi connectivity index (χ3v) is 3.54. The fourth-order valence-corrected chi connectivity index (χ4v) is 2.21. The number of halogens is 1. The molecule has 122 valence electrons. The lowest BCUT2D eigenvalue weighted by Crippen LogP contribution is -2.15. The summed E-state index contributed by atoms with van der Waals surface area (Å²) in [7, 11) is 0. The number of benzene rings is 2. The molecule has 2 N–H and O–H groups in total. The number of carbonyl (C=O) groups excluding carboxylic acids is 1. The van der Waals surface area contributed by atoms with Crippen molar-refractivity contribution in [3.05, 3.63) is 77.1 Å². The zero-order valence-electron chi connectivity index (χ0n) is 12.9. The molecule has 3 aromatic rings. The van der Waals surface area contributed by atoms with Crippen LogP contribution in [-0.4, -0.2) is 15.9 Å². The zero-order valence-corrected chi connectivity index (χ0v) is 13.7. The van der Waals surface area contributed by atoms with Crippen LogP contribution in [0.15, 0.2) is 60.8 Å². The highest BCUT2D eigenvalue weighted by Crippen LogP contribution is 2.17. The fraction of sp³-hybridized carbons (Fsp3) is 0. The zero-order chi connectivity index (χ0) is 17.6. The van der Waals surface area contributed by atoms with Crippen molar-refractivity contribution in [2.45, 2.75) is 0 Å². The first-order chi connectivity index (χ1) is 12.2. The molecule has 1 heterocycles. The number of amides is 1. The molecule has 0 radical (unpaired) electrons. The third kappa shape index (κ3) is 4.10. The van der Waals surface area contributed by atoms with Gasteiger partial charge in [-0.1, -0.05) is 23.7 Å². The van der Waals surface area contributed by atoms with Crippen LogP contribution < -0.4 is 10.6 Å². The molecule has 0 unspecified atom stereocenters. The standard InChI is InChI=1S/C18H12ClN5O/c19-13-5-7-14(8-6-13)22-18-21-10-9-16(24-18)17(25)23-15-4-2-1-3-12(15)11-20/h1-10H,(H,23,25)(H,21,22,24). The number of nitriles is 1. The second-order valence-electron chi connectivity index (χ2n) is 5.01. The number of rotatable bonds is 4. The highest BCUT2D eigenvalue weighted by molar-refractivity contribution is 6.30. The number of para-hydroxylation sites is 1. The second kappa shape index (κ2) is 7.43. The lowest BCUT2D eigenvalue weighted by atomic mass is 10.2. The summed E-state index contributed by atoms with van der Waals surface area (Å²) < 4.78 is 0. The molecule has 2 aromatic carbocycles. The molecule has 25 heavy (non-hydrogen) atoms. The van der Waals surface area contributed by atoms with Crippen LogP contribution in [0.5, 0.6) is 0 Å². The topological polar surface area (TPSA) is 90.7 Å². The van der Waals surface area contributed by atoms with E-state index in [2.05, 4.69) is 20.6 Å². The van der Waals surface area contributed by atoms with Crippen LogP contribution in [0.25, 0.3) is 0 Å². The van der Waals surface area contributed by atoms with E-state index in [-0.39, 0.29) is 11.6 Å². The molecule has 7 heteroatoms. The molecule has 0 bridgehead atoms. The first kappa shape index (κ1) is 16.4. The van der Waals surface area contributed by atoms with Crippen molar-refractivity contribution in [1.82, 2.24) is 9.97 Å². The molecule has 0 atom stereocenters. The van der Waals surface area contributed by atoms with Gasteiger partial charge in [0.1, 0.15) is 11.8 Å². The summed E-state index contributed by atoms with van der Waals surface area (Å²) in [6.07, 6.45) is 1.48. The van der Waals surface area contributed by atoms with Gasteiger partial charge in [-0.15, -0.1) is 0 Å². The smallest absolute Gasteiger partial charge is 0.274 e. The minimum Gasteiger partial charge on any atom is -0.324 e. The van der Waals surface area contributed by atoms with Crippen LogP contribution >= 0.6 is 11.6 Å². The van der Waals surface area contributed by atoms with E-state index in [0.29, 0.717) is 16.3 Å². The maximum atomic E-state index is 12.4. The Morgan fingerprint density at radius 2 is 1.84 bits per heavy atom. The van der Waals surface area contributed by atoms with Gasteiger partial charge in [-0.3, -0.25) is 4.79 Å². The van der Waals surface area contributed by atoms with E-state index in [1.165, 1.54) is 12.3 Å². The highest BCUT2D eigenvalue weighted by Gasteiger charge is 2.11. The summed E-state index contributed by atoms with van der Waals surface area (Å²) in [6.45, 7) is 0. The fourth-order valence-electron chi connectivity index (χ4n) is 2.08. The third-order valence-electron chi connectivity index (χ3n) is 3.28. The van der Waals surface area contributed by atoms with Gasteiger partial charge in [0, 0.05) is 16.9 Å². The number of aromatic nitrogens is 2. The second-order valence-corrected chi connectivity index (χ2v) is 5.45. The molecule has 0 spiro atoms. The SMILES string of the molecule is N#Cc1ccccc1NC(=O)c1ccnc(Nc2ccc(Cl)cc2)n1. The predicted octanol–water partition coefficient (Wildman–Crippen LogP) is 4.00. The quantitative estimate of drug-likeness (QED) is 0.743. The van der Waals surface area contributed by atoms with Crippen molar-refractivity contribution >= 4 is 34.8 Å². The van der Waals surface area contributed by atoms with Crippen LogP contribution in [0.4, 0.5) is 17.3 Å². The van der Waals surface area contributed by atoms with Gasteiger partial charge in [0.05, 0.1) is 11.3 Å². The van der Waals surface area contributed by atoms with Crippen LogP contribution in [0.2, 0.25) is 5.02 Å². The predicted molar refractivity (Wildman–Crippen MR) is 95.9 cm³/mol. The van der Waals surface area contributed by atoms with Crippen molar-refractivity contribution in [2.75, 3.05) is 10.6 Å².